The maximum Gasteiger partial charge on any atom is 0.238 e. The fourth-order valence-corrected chi connectivity index (χ4v) is 2.28. The molecule has 112 valence electrons. The number of carbonyl (C=O) groups is 1. The highest BCUT2D eigenvalue weighted by Crippen LogP contribution is 2.20. The Bertz CT molecular complexity index is 695. The van der Waals surface area contributed by atoms with Gasteiger partial charge in [-0.3, -0.25) is 9.69 Å². The molecule has 1 N–H and O–H groups in total. The van der Waals surface area contributed by atoms with E-state index in [9.17, 15) is 4.79 Å². The summed E-state index contributed by atoms with van der Waals surface area (Å²) in [5.41, 5.74) is 1.97. The fourth-order valence-electron chi connectivity index (χ4n) is 2.10. The zero-order valence-electron chi connectivity index (χ0n) is 12.2. The predicted molar refractivity (Wildman–Crippen MR) is 87.6 cm³/mol. The second kappa shape index (κ2) is 7.60. The molecule has 2 aromatic carbocycles. The molecule has 0 aromatic heterocycles. The molecule has 0 unspecified atom stereocenters. The molecule has 0 heterocycles. The summed E-state index contributed by atoms with van der Waals surface area (Å²) in [5, 5.41) is 12.3. The van der Waals surface area contributed by atoms with Crippen LogP contribution in [0.3, 0.4) is 0 Å². The van der Waals surface area contributed by atoms with E-state index < -0.39 is 0 Å². The fraction of sp³-hybridized carbons (Fsp3) is 0.176. The highest BCUT2D eigenvalue weighted by molar-refractivity contribution is 6.31. The number of amides is 1. The molecule has 22 heavy (non-hydrogen) atoms. The number of nitriles is 1. The first kappa shape index (κ1) is 16.0. The van der Waals surface area contributed by atoms with Crippen LogP contribution < -0.4 is 5.32 Å². The van der Waals surface area contributed by atoms with Gasteiger partial charge in [0.1, 0.15) is 6.07 Å². The molecule has 0 bridgehead atoms. The number of nitrogens with zero attached hydrogens (tertiary/aromatic N) is 2. The molecule has 0 spiro atoms. The lowest BCUT2D eigenvalue weighted by Crippen LogP contribution is -2.30. The number of anilines is 1. The van der Waals surface area contributed by atoms with Crippen molar-refractivity contribution in [2.75, 3.05) is 18.9 Å². The molecule has 5 heteroatoms. The third-order valence-electron chi connectivity index (χ3n) is 3.08. The Labute approximate surface area is 134 Å². The molecule has 0 aliphatic rings. The van der Waals surface area contributed by atoms with Crippen molar-refractivity contribution in [3.63, 3.8) is 0 Å². The van der Waals surface area contributed by atoms with Crippen LogP contribution in [0.15, 0.2) is 48.5 Å². The van der Waals surface area contributed by atoms with Crippen LogP contribution in [0.1, 0.15) is 11.1 Å². The van der Waals surface area contributed by atoms with Crippen LogP contribution in [-0.4, -0.2) is 24.4 Å². The monoisotopic (exact) mass is 313 g/mol. The minimum Gasteiger partial charge on any atom is -0.324 e. The van der Waals surface area contributed by atoms with Crippen molar-refractivity contribution in [3.8, 4) is 6.07 Å². The Balaban J connectivity index is 1.96. The molecular weight excluding hydrogens is 298 g/mol. The molecule has 0 aliphatic carbocycles. The summed E-state index contributed by atoms with van der Waals surface area (Å²) < 4.78 is 0. The van der Waals surface area contributed by atoms with Gasteiger partial charge in [0.2, 0.25) is 5.91 Å². The highest BCUT2D eigenvalue weighted by atomic mass is 35.5. The Morgan fingerprint density at radius 1 is 1.27 bits per heavy atom. The molecule has 0 atom stereocenters. The summed E-state index contributed by atoms with van der Waals surface area (Å²) in [6.07, 6.45) is 0. The van der Waals surface area contributed by atoms with Gasteiger partial charge >= 0.3 is 0 Å². The summed E-state index contributed by atoms with van der Waals surface area (Å²) in [6.45, 7) is 0.904. The van der Waals surface area contributed by atoms with Gasteiger partial charge in [0.15, 0.2) is 0 Å². The summed E-state index contributed by atoms with van der Waals surface area (Å²) >= 11 is 5.90. The third kappa shape index (κ3) is 4.59. The van der Waals surface area contributed by atoms with Gasteiger partial charge in [-0.15, -0.1) is 0 Å². The average Bonchev–Trinajstić information content (AvgIpc) is 2.48. The SMILES string of the molecule is CN(CC(=O)Nc1cc(Cl)ccc1C#N)Cc1ccccc1. The Morgan fingerprint density at radius 3 is 2.68 bits per heavy atom. The van der Waals surface area contributed by atoms with E-state index in [1.54, 1.807) is 18.2 Å². The Hall–Kier alpha value is -2.35. The van der Waals surface area contributed by atoms with Gasteiger partial charge in [0.25, 0.3) is 0 Å². The standard InChI is InChI=1S/C17H16ClN3O/c1-21(11-13-5-3-2-4-6-13)12-17(22)20-16-9-15(18)8-7-14(16)10-19/h2-9H,11-12H2,1H3,(H,20,22). The van der Waals surface area contributed by atoms with Crippen molar-refractivity contribution in [3.05, 3.63) is 64.7 Å². The van der Waals surface area contributed by atoms with Crippen LogP contribution in [0, 0.1) is 11.3 Å². The van der Waals surface area contributed by atoms with Crippen molar-refractivity contribution in [2.24, 2.45) is 0 Å². The number of nitrogens with one attached hydrogen (secondary N) is 1. The number of benzene rings is 2. The van der Waals surface area contributed by atoms with Gasteiger partial charge in [0, 0.05) is 11.6 Å². The zero-order valence-corrected chi connectivity index (χ0v) is 13.0. The number of halogens is 1. The van der Waals surface area contributed by atoms with Crippen molar-refractivity contribution in [1.29, 1.82) is 5.26 Å². The number of carbonyl (C=O) groups excluding carboxylic acids is 1. The van der Waals surface area contributed by atoms with E-state index >= 15 is 0 Å². The predicted octanol–water partition coefficient (Wildman–Crippen LogP) is 3.28. The van der Waals surface area contributed by atoms with Crippen LogP contribution in [0.25, 0.3) is 0 Å². The maximum absolute atomic E-state index is 12.1. The second-order valence-corrected chi connectivity index (χ2v) is 5.44. The first-order chi connectivity index (χ1) is 10.6. The van der Waals surface area contributed by atoms with E-state index in [0.717, 1.165) is 5.56 Å². The van der Waals surface area contributed by atoms with E-state index in [4.69, 9.17) is 16.9 Å². The van der Waals surface area contributed by atoms with Crippen LogP contribution in [0.5, 0.6) is 0 Å². The molecule has 0 radical (unpaired) electrons. The quantitative estimate of drug-likeness (QED) is 0.921. The van der Waals surface area contributed by atoms with Gasteiger partial charge in [-0.2, -0.15) is 5.26 Å². The van der Waals surface area contributed by atoms with Crippen molar-refractivity contribution < 1.29 is 4.79 Å². The van der Waals surface area contributed by atoms with Crippen LogP contribution in [-0.2, 0) is 11.3 Å². The number of rotatable bonds is 5. The molecule has 2 aromatic rings. The van der Waals surface area contributed by atoms with Gasteiger partial charge in [-0.25, -0.2) is 0 Å². The molecule has 0 saturated carbocycles. The maximum atomic E-state index is 12.1. The summed E-state index contributed by atoms with van der Waals surface area (Å²) in [4.78, 5) is 14.0. The van der Waals surface area contributed by atoms with Crippen molar-refractivity contribution in [2.45, 2.75) is 6.54 Å². The van der Waals surface area contributed by atoms with Crippen molar-refractivity contribution in [1.82, 2.24) is 4.90 Å². The molecule has 1 amide bonds. The minimum atomic E-state index is -0.183. The van der Waals surface area contributed by atoms with E-state index in [2.05, 4.69) is 5.32 Å². The van der Waals surface area contributed by atoms with Gasteiger partial charge in [-0.1, -0.05) is 41.9 Å². The summed E-state index contributed by atoms with van der Waals surface area (Å²) in [5.74, 6) is -0.183. The summed E-state index contributed by atoms with van der Waals surface area (Å²) in [6, 6.07) is 16.7. The molecule has 2 rings (SSSR count). The lowest BCUT2D eigenvalue weighted by Gasteiger charge is -2.16. The first-order valence-electron chi connectivity index (χ1n) is 6.80. The van der Waals surface area contributed by atoms with E-state index in [1.165, 1.54) is 0 Å². The topological polar surface area (TPSA) is 56.1 Å². The Morgan fingerprint density at radius 2 is 2.00 bits per heavy atom. The zero-order chi connectivity index (χ0) is 15.9. The van der Waals surface area contributed by atoms with Crippen LogP contribution >= 0.6 is 11.6 Å². The third-order valence-corrected chi connectivity index (χ3v) is 3.32. The Kier molecular flexibility index (Phi) is 5.54. The van der Waals surface area contributed by atoms with Gasteiger partial charge < -0.3 is 5.32 Å². The van der Waals surface area contributed by atoms with E-state index in [-0.39, 0.29) is 12.5 Å². The number of likely N-dealkylation sites (N-methyl/N-ethyl adjacent to an activating group) is 1. The highest BCUT2D eigenvalue weighted by Gasteiger charge is 2.10. The van der Waals surface area contributed by atoms with Crippen LogP contribution in [0.2, 0.25) is 5.02 Å². The minimum absolute atomic E-state index is 0.183. The largest absolute Gasteiger partial charge is 0.324 e. The van der Waals surface area contributed by atoms with Gasteiger partial charge in [-0.05, 0) is 30.8 Å². The van der Waals surface area contributed by atoms with Crippen LogP contribution in [0.4, 0.5) is 5.69 Å². The molecule has 0 saturated heterocycles. The number of hydrogen-bond acceptors (Lipinski definition) is 3. The average molecular weight is 314 g/mol. The first-order valence-corrected chi connectivity index (χ1v) is 7.18. The molecule has 0 aliphatic heterocycles. The molecular formula is C17H16ClN3O. The molecule has 0 fully saturated rings. The number of hydrogen-bond donors (Lipinski definition) is 1. The van der Waals surface area contributed by atoms with Gasteiger partial charge in [0.05, 0.1) is 17.8 Å². The smallest absolute Gasteiger partial charge is 0.238 e. The lowest BCUT2D eigenvalue weighted by molar-refractivity contribution is -0.117. The lowest BCUT2D eigenvalue weighted by atomic mass is 10.2. The summed E-state index contributed by atoms with van der Waals surface area (Å²) in [7, 11) is 1.87. The second-order valence-electron chi connectivity index (χ2n) is 5.01. The van der Waals surface area contributed by atoms with E-state index in [0.29, 0.717) is 22.8 Å². The van der Waals surface area contributed by atoms with Crippen molar-refractivity contribution >= 4 is 23.2 Å². The normalized spacial score (nSPS) is 10.3. The van der Waals surface area contributed by atoms with E-state index in [1.807, 2.05) is 48.3 Å². The molecule has 4 nitrogen and oxygen atoms in total.